The van der Waals surface area contributed by atoms with Crippen LogP contribution in [0.3, 0.4) is 0 Å². The number of halogens is 1. The summed E-state index contributed by atoms with van der Waals surface area (Å²) in [6.07, 6.45) is 0.111. The highest BCUT2D eigenvalue weighted by atomic mass is 19.1. The van der Waals surface area contributed by atoms with Crippen LogP contribution in [-0.2, 0) is 20.7 Å². The smallest absolute Gasteiger partial charge is 0.316 e. The van der Waals surface area contributed by atoms with Crippen LogP contribution in [-0.4, -0.2) is 18.4 Å². The molecular weight excluding hydrogens is 223 g/mol. The highest BCUT2D eigenvalue weighted by Gasteiger charge is 2.22. The van der Waals surface area contributed by atoms with E-state index in [4.69, 9.17) is 4.74 Å². The van der Waals surface area contributed by atoms with Gasteiger partial charge in [-0.3, -0.25) is 9.59 Å². The molecule has 0 aromatic heterocycles. The van der Waals surface area contributed by atoms with E-state index in [1.54, 1.807) is 6.92 Å². The average Bonchev–Trinajstić information content (AvgIpc) is 2.31. The van der Waals surface area contributed by atoms with Crippen molar-refractivity contribution in [1.82, 2.24) is 0 Å². The van der Waals surface area contributed by atoms with Gasteiger partial charge in [0.2, 0.25) is 0 Å². The first-order chi connectivity index (χ1) is 8.04. The molecule has 0 aliphatic carbocycles. The number of hydrogen-bond donors (Lipinski definition) is 0. The Kier molecular flexibility index (Phi) is 4.82. The third-order valence-electron chi connectivity index (χ3n) is 2.41. The summed E-state index contributed by atoms with van der Waals surface area (Å²) < 4.78 is 17.4. The lowest BCUT2D eigenvalue weighted by molar-refractivity contribution is -0.150. The summed E-state index contributed by atoms with van der Waals surface area (Å²) >= 11 is 0. The highest BCUT2D eigenvalue weighted by molar-refractivity contribution is 5.99. The molecule has 0 aliphatic rings. The summed E-state index contributed by atoms with van der Waals surface area (Å²) in [5, 5.41) is 0. The van der Waals surface area contributed by atoms with Crippen molar-refractivity contribution >= 4 is 11.8 Å². The van der Waals surface area contributed by atoms with E-state index in [0.717, 1.165) is 0 Å². The molecule has 0 spiro atoms. The molecule has 1 aromatic carbocycles. The highest BCUT2D eigenvalue weighted by Crippen LogP contribution is 2.09. The second-order valence-electron chi connectivity index (χ2n) is 3.74. The van der Waals surface area contributed by atoms with Crippen molar-refractivity contribution in [3.8, 4) is 0 Å². The van der Waals surface area contributed by atoms with E-state index >= 15 is 0 Å². The van der Waals surface area contributed by atoms with Gasteiger partial charge < -0.3 is 4.74 Å². The molecule has 4 heteroatoms. The first-order valence-electron chi connectivity index (χ1n) is 5.48. The van der Waals surface area contributed by atoms with E-state index in [0.29, 0.717) is 5.56 Å². The molecule has 0 aliphatic heterocycles. The Morgan fingerprint density at radius 1 is 1.29 bits per heavy atom. The summed E-state index contributed by atoms with van der Waals surface area (Å²) in [5.41, 5.74) is 0.688. The first kappa shape index (κ1) is 13.4. The van der Waals surface area contributed by atoms with Crippen molar-refractivity contribution in [3.05, 3.63) is 35.6 Å². The van der Waals surface area contributed by atoms with Crippen molar-refractivity contribution in [2.24, 2.45) is 5.92 Å². The van der Waals surface area contributed by atoms with E-state index in [1.165, 1.54) is 31.2 Å². The van der Waals surface area contributed by atoms with Gasteiger partial charge in [0.05, 0.1) is 6.61 Å². The molecule has 0 amide bonds. The fourth-order valence-corrected chi connectivity index (χ4v) is 1.36. The number of Topliss-reactive ketones (excluding diaryl/α,β-unsaturated/α-hetero) is 1. The van der Waals surface area contributed by atoms with Gasteiger partial charge in [0.25, 0.3) is 0 Å². The molecule has 0 fully saturated rings. The lowest BCUT2D eigenvalue weighted by atomic mass is 9.99. The molecule has 3 nitrogen and oxygen atoms in total. The van der Waals surface area contributed by atoms with Crippen LogP contribution in [0.2, 0.25) is 0 Å². The molecule has 1 aromatic rings. The summed E-state index contributed by atoms with van der Waals surface area (Å²) in [6, 6.07) is 5.64. The molecule has 0 heterocycles. The minimum atomic E-state index is -0.778. The summed E-state index contributed by atoms with van der Waals surface area (Å²) in [6.45, 7) is 3.46. The number of carbonyl (C=O) groups excluding carboxylic acids is 2. The molecule has 17 heavy (non-hydrogen) atoms. The number of ether oxygens (including phenoxy) is 1. The van der Waals surface area contributed by atoms with Crippen molar-refractivity contribution in [2.45, 2.75) is 20.3 Å². The second kappa shape index (κ2) is 6.13. The van der Waals surface area contributed by atoms with Crippen LogP contribution in [0.25, 0.3) is 0 Å². The molecule has 0 radical (unpaired) electrons. The molecule has 1 rings (SSSR count). The lowest BCUT2D eigenvalue weighted by Gasteiger charge is -2.09. The predicted molar refractivity (Wildman–Crippen MR) is 60.9 cm³/mol. The quantitative estimate of drug-likeness (QED) is 0.583. The molecule has 1 atom stereocenters. The normalized spacial score (nSPS) is 11.9. The maximum Gasteiger partial charge on any atom is 0.316 e. The van der Waals surface area contributed by atoms with Gasteiger partial charge in [-0.1, -0.05) is 12.1 Å². The van der Waals surface area contributed by atoms with Gasteiger partial charge in [-0.25, -0.2) is 4.39 Å². The topological polar surface area (TPSA) is 43.4 Å². The van der Waals surface area contributed by atoms with Crippen LogP contribution >= 0.6 is 0 Å². The number of ketones is 1. The number of benzene rings is 1. The molecule has 0 N–H and O–H groups in total. The van der Waals surface area contributed by atoms with Gasteiger partial charge in [0.15, 0.2) is 5.78 Å². The first-order valence-corrected chi connectivity index (χ1v) is 5.48. The average molecular weight is 238 g/mol. The van der Waals surface area contributed by atoms with Gasteiger partial charge in [0.1, 0.15) is 11.7 Å². The number of carbonyl (C=O) groups is 2. The standard InChI is InChI=1S/C13H15FO3/c1-3-17-13(16)9(2)12(15)8-10-4-6-11(14)7-5-10/h4-7,9H,3,8H2,1-2H3/t9-/m1/s1. The molecule has 0 saturated carbocycles. The van der Waals surface area contributed by atoms with Crippen molar-refractivity contribution in [2.75, 3.05) is 6.61 Å². The zero-order chi connectivity index (χ0) is 12.8. The zero-order valence-electron chi connectivity index (χ0n) is 9.90. The Morgan fingerprint density at radius 3 is 2.41 bits per heavy atom. The van der Waals surface area contributed by atoms with E-state index in [1.807, 2.05) is 0 Å². The van der Waals surface area contributed by atoms with Crippen LogP contribution in [0.4, 0.5) is 4.39 Å². The monoisotopic (exact) mass is 238 g/mol. The van der Waals surface area contributed by atoms with E-state index in [9.17, 15) is 14.0 Å². The summed E-state index contributed by atoms with van der Waals surface area (Å²) in [4.78, 5) is 23.0. The molecule has 0 bridgehead atoms. The zero-order valence-corrected chi connectivity index (χ0v) is 9.90. The number of rotatable bonds is 5. The predicted octanol–water partition coefficient (Wildman–Crippen LogP) is 2.14. The molecule has 92 valence electrons. The SMILES string of the molecule is CCOC(=O)[C@H](C)C(=O)Cc1ccc(F)cc1. The number of esters is 1. The minimum absolute atomic E-state index is 0.111. The number of hydrogen-bond acceptors (Lipinski definition) is 3. The Labute approximate surface area is 99.6 Å². The molecular formula is C13H15FO3. The Bertz CT molecular complexity index is 398. The van der Waals surface area contributed by atoms with Crippen molar-refractivity contribution in [3.63, 3.8) is 0 Å². The van der Waals surface area contributed by atoms with Crippen LogP contribution in [0.15, 0.2) is 24.3 Å². The molecule has 0 saturated heterocycles. The third-order valence-corrected chi connectivity index (χ3v) is 2.41. The van der Waals surface area contributed by atoms with Gasteiger partial charge in [0, 0.05) is 6.42 Å². The van der Waals surface area contributed by atoms with Gasteiger partial charge in [-0.15, -0.1) is 0 Å². The second-order valence-corrected chi connectivity index (χ2v) is 3.74. The van der Waals surface area contributed by atoms with Gasteiger partial charge in [-0.2, -0.15) is 0 Å². The maximum atomic E-state index is 12.7. The van der Waals surface area contributed by atoms with Gasteiger partial charge >= 0.3 is 5.97 Å². The fourth-order valence-electron chi connectivity index (χ4n) is 1.36. The minimum Gasteiger partial charge on any atom is -0.465 e. The maximum absolute atomic E-state index is 12.7. The van der Waals surface area contributed by atoms with Crippen LogP contribution in [0.1, 0.15) is 19.4 Å². The van der Waals surface area contributed by atoms with Crippen molar-refractivity contribution < 1.29 is 18.7 Å². The van der Waals surface area contributed by atoms with E-state index in [2.05, 4.69) is 0 Å². The largest absolute Gasteiger partial charge is 0.465 e. The van der Waals surface area contributed by atoms with E-state index in [-0.39, 0.29) is 24.6 Å². The Morgan fingerprint density at radius 2 is 1.88 bits per heavy atom. The van der Waals surface area contributed by atoms with Crippen LogP contribution in [0, 0.1) is 11.7 Å². The van der Waals surface area contributed by atoms with Crippen LogP contribution < -0.4 is 0 Å². The van der Waals surface area contributed by atoms with E-state index < -0.39 is 11.9 Å². The van der Waals surface area contributed by atoms with Crippen molar-refractivity contribution in [1.29, 1.82) is 0 Å². The Hall–Kier alpha value is -1.71. The third kappa shape index (κ3) is 3.98. The Balaban J connectivity index is 2.59. The lowest BCUT2D eigenvalue weighted by Crippen LogP contribution is -2.24. The summed E-state index contributed by atoms with van der Waals surface area (Å²) in [5.74, 6) is -1.87. The fraction of sp³-hybridized carbons (Fsp3) is 0.385. The van der Waals surface area contributed by atoms with Gasteiger partial charge in [-0.05, 0) is 31.5 Å². The molecule has 0 unspecified atom stereocenters. The summed E-state index contributed by atoms with van der Waals surface area (Å²) in [7, 11) is 0. The van der Waals surface area contributed by atoms with Crippen LogP contribution in [0.5, 0.6) is 0 Å².